The van der Waals surface area contributed by atoms with Crippen molar-refractivity contribution in [1.29, 1.82) is 0 Å². The van der Waals surface area contributed by atoms with Crippen LogP contribution in [0.5, 0.6) is 0 Å². The van der Waals surface area contributed by atoms with Gasteiger partial charge in [0.1, 0.15) is 5.71 Å². The summed E-state index contributed by atoms with van der Waals surface area (Å²) < 4.78 is 1.96. The van der Waals surface area contributed by atoms with Gasteiger partial charge in [0.05, 0.1) is 11.3 Å². The number of rotatable bonds is 3. The van der Waals surface area contributed by atoms with Gasteiger partial charge < -0.3 is 10.3 Å². The second-order valence-electron chi connectivity index (χ2n) is 6.13. The lowest BCUT2D eigenvalue weighted by Gasteiger charge is -2.10. The second-order valence-corrected chi connectivity index (χ2v) is 6.13. The van der Waals surface area contributed by atoms with Gasteiger partial charge in [0.15, 0.2) is 0 Å². The molecule has 1 aliphatic rings. The number of aromatic nitrogens is 1. The first-order chi connectivity index (χ1) is 12.6. The Morgan fingerprint density at radius 2 is 1.69 bits per heavy atom. The van der Waals surface area contributed by atoms with Crippen LogP contribution in [-0.2, 0) is 11.8 Å². The molecule has 3 aromatic rings. The molecule has 26 heavy (non-hydrogen) atoms. The summed E-state index contributed by atoms with van der Waals surface area (Å²) in [5.74, 6) is -0.149. The second kappa shape index (κ2) is 6.37. The van der Waals surface area contributed by atoms with Gasteiger partial charge in [-0.25, -0.2) is 0 Å². The number of anilines is 2. The fourth-order valence-electron chi connectivity index (χ4n) is 2.92. The maximum Gasteiger partial charge on any atom is 0.281 e. The Labute approximate surface area is 151 Å². The number of hydrogen-bond acceptors (Lipinski definition) is 3. The Morgan fingerprint density at radius 1 is 0.962 bits per heavy atom. The number of carbonyl (C=O) groups excluding carboxylic acids is 1. The van der Waals surface area contributed by atoms with Crippen LogP contribution in [0.15, 0.2) is 83.6 Å². The molecule has 0 saturated heterocycles. The molecule has 128 valence electrons. The summed E-state index contributed by atoms with van der Waals surface area (Å²) in [5, 5.41) is 6.06. The summed E-state index contributed by atoms with van der Waals surface area (Å²) in [4.78, 5) is 13.1. The molecule has 2 N–H and O–H groups in total. The standard InChI is InChI=1S/C21H18N4O/c1-24-13-5-8-18(24)14-19-20(15-9-11-16(22)12-10-15)23-25(21(19)26)17-6-3-2-4-7-17/h2-14H,22H2,1H3. The molecular weight excluding hydrogens is 324 g/mol. The maximum atomic E-state index is 13.1. The van der Waals surface area contributed by atoms with Crippen LogP contribution in [0.3, 0.4) is 0 Å². The first-order valence-electron chi connectivity index (χ1n) is 8.31. The SMILES string of the molecule is Cn1cccc1C=C1C(=O)N(c2ccccc2)N=C1c1ccc(N)cc1. The Hall–Kier alpha value is -3.60. The Balaban J connectivity index is 1.84. The van der Waals surface area contributed by atoms with Crippen molar-refractivity contribution in [3.8, 4) is 0 Å². The van der Waals surface area contributed by atoms with Crippen molar-refractivity contribution in [2.75, 3.05) is 10.7 Å². The lowest BCUT2D eigenvalue weighted by molar-refractivity contribution is -0.114. The van der Waals surface area contributed by atoms with Gasteiger partial charge in [-0.15, -0.1) is 0 Å². The third-order valence-electron chi connectivity index (χ3n) is 4.34. The quantitative estimate of drug-likeness (QED) is 0.585. The highest BCUT2D eigenvalue weighted by atomic mass is 16.2. The van der Waals surface area contributed by atoms with E-state index in [2.05, 4.69) is 5.10 Å². The number of hydrogen-bond donors (Lipinski definition) is 1. The average molecular weight is 342 g/mol. The Kier molecular flexibility index (Phi) is 3.89. The number of amides is 1. The van der Waals surface area contributed by atoms with Crippen LogP contribution in [0, 0.1) is 0 Å². The van der Waals surface area contributed by atoms with E-state index in [4.69, 9.17) is 5.73 Å². The Morgan fingerprint density at radius 3 is 2.35 bits per heavy atom. The van der Waals surface area contributed by atoms with Crippen molar-refractivity contribution < 1.29 is 4.79 Å². The summed E-state index contributed by atoms with van der Waals surface area (Å²) in [6, 6.07) is 20.7. The van der Waals surface area contributed by atoms with Crippen molar-refractivity contribution in [2.24, 2.45) is 12.1 Å². The van der Waals surface area contributed by atoms with E-state index in [-0.39, 0.29) is 5.91 Å². The normalized spacial score (nSPS) is 15.6. The van der Waals surface area contributed by atoms with E-state index >= 15 is 0 Å². The van der Waals surface area contributed by atoms with Crippen LogP contribution in [0.1, 0.15) is 11.3 Å². The molecule has 4 rings (SSSR count). The number of hydrazone groups is 1. The minimum atomic E-state index is -0.149. The smallest absolute Gasteiger partial charge is 0.281 e. The molecule has 0 atom stereocenters. The third kappa shape index (κ3) is 2.80. The predicted octanol–water partition coefficient (Wildman–Crippen LogP) is 3.44. The van der Waals surface area contributed by atoms with Gasteiger partial charge in [-0.05, 0) is 42.5 Å². The monoisotopic (exact) mass is 342 g/mol. The zero-order valence-corrected chi connectivity index (χ0v) is 14.3. The van der Waals surface area contributed by atoms with E-state index in [0.29, 0.717) is 17.0 Å². The van der Waals surface area contributed by atoms with E-state index in [0.717, 1.165) is 16.9 Å². The van der Waals surface area contributed by atoms with Gasteiger partial charge >= 0.3 is 0 Å². The van der Waals surface area contributed by atoms with Crippen LogP contribution in [0.25, 0.3) is 6.08 Å². The molecule has 5 heteroatoms. The van der Waals surface area contributed by atoms with Gasteiger partial charge in [-0.2, -0.15) is 10.1 Å². The third-order valence-corrected chi connectivity index (χ3v) is 4.34. The van der Waals surface area contributed by atoms with Crippen molar-refractivity contribution in [3.05, 3.63) is 89.8 Å². The van der Waals surface area contributed by atoms with Gasteiger partial charge in [0.25, 0.3) is 5.91 Å². The first-order valence-corrected chi connectivity index (χ1v) is 8.31. The maximum absolute atomic E-state index is 13.1. The van der Waals surface area contributed by atoms with Gasteiger partial charge in [-0.1, -0.05) is 30.3 Å². The van der Waals surface area contributed by atoms with Gasteiger partial charge in [-0.3, -0.25) is 4.79 Å². The lowest BCUT2D eigenvalue weighted by atomic mass is 10.0. The molecule has 0 saturated carbocycles. The molecular formula is C21H18N4O. The molecule has 0 radical (unpaired) electrons. The lowest BCUT2D eigenvalue weighted by Crippen LogP contribution is -2.21. The van der Waals surface area contributed by atoms with Crippen LogP contribution in [0.2, 0.25) is 0 Å². The fourth-order valence-corrected chi connectivity index (χ4v) is 2.92. The summed E-state index contributed by atoms with van der Waals surface area (Å²) in [6.45, 7) is 0. The summed E-state index contributed by atoms with van der Waals surface area (Å²) in [5.41, 5.74) is 10.2. The highest BCUT2D eigenvalue weighted by Gasteiger charge is 2.32. The first kappa shape index (κ1) is 15.9. The highest BCUT2D eigenvalue weighted by Crippen LogP contribution is 2.28. The molecule has 1 amide bonds. The topological polar surface area (TPSA) is 63.6 Å². The van der Waals surface area contributed by atoms with Gasteiger partial charge in [0.2, 0.25) is 0 Å². The molecule has 2 heterocycles. The number of benzene rings is 2. The molecule has 5 nitrogen and oxygen atoms in total. The molecule has 1 aromatic heterocycles. The van der Waals surface area contributed by atoms with Gasteiger partial charge in [0, 0.05) is 30.2 Å². The number of nitrogens with two attached hydrogens (primary N) is 1. The van der Waals surface area contributed by atoms with E-state index < -0.39 is 0 Å². The van der Waals surface area contributed by atoms with Crippen molar-refractivity contribution in [1.82, 2.24) is 4.57 Å². The van der Waals surface area contributed by atoms with Crippen molar-refractivity contribution in [2.45, 2.75) is 0 Å². The van der Waals surface area contributed by atoms with E-state index in [9.17, 15) is 4.79 Å². The number of carbonyl (C=O) groups is 1. The van der Waals surface area contributed by atoms with E-state index in [1.807, 2.05) is 90.6 Å². The minimum absolute atomic E-state index is 0.149. The largest absolute Gasteiger partial charge is 0.399 e. The van der Waals surface area contributed by atoms with Crippen LogP contribution < -0.4 is 10.7 Å². The molecule has 0 spiro atoms. The molecule has 1 aliphatic heterocycles. The van der Waals surface area contributed by atoms with E-state index in [1.165, 1.54) is 5.01 Å². The van der Waals surface area contributed by atoms with Crippen molar-refractivity contribution in [3.63, 3.8) is 0 Å². The average Bonchev–Trinajstić information content (AvgIpc) is 3.21. The molecule has 0 aliphatic carbocycles. The molecule has 0 bridgehead atoms. The summed E-state index contributed by atoms with van der Waals surface area (Å²) in [7, 11) is 1.95. The van der Waals surface area contributed by atoms with Crippen molar-refractivity contribution >= 4 is 29.1 Å². The summed E-state index contributed by atoms with van der Waals surface area (Å²) >= 11 is 0. The minimum Gasteiger partial charge on any atom is -0.399 e. The summed E-state index contributed by atoms with van der Waals surface area (Å²) in [6.07, 6.45) is 3.82. The number of para-hydroxylation sites is 1. The van der Waals surface area contributed by atoms with Crippen LogP contribution in [-0.4, -0.2) is 16.2 Å². The molecule has 0 unspecified atom stereocenters. The predicted molar refractivity (Wildman–Crippen MR) is 105 cm³/mol. The highest BCUT2D eigenvalue weighted by molar-refractivity contribution is 6.37. The molecule has 0 fully saturated rings. The number of nitrogen functional groups attached to an aromatic ring is 1. The number of nitrogens with zero attached hydrogens (tertiary/aromatic N) is 3. The number of aryl methyl sites for hydroxylation is 1. The fraction of sp³-hybridized carbons (Fsp3) is 0.0476. The zero-order chi connectivity index (χ0) is 18.1. The van der Waals surface area contributed by atoms with E-state index in [1.54, 1.807) is 0 Å². The van der Waals surface area contributed by atoms with Crippen LogP contribution in [0.4, 0.5) is 11.4 Å². The molecule has 2 aromatic carbocycles. The Bertz CT molecular complexity index is 1010. The zero-order valence-electron chi connectivity index (χ0n) is 14.3. The van der Waals surface area contributed by atoms with Crippen LogP contribution >= 0.6 is 0 Å².